The highest BCUT2D eigenvalue weighted by molar-refractivity contribution is 5.82. The summed E-state index contributed by atoms with van der Waals surface area (Å²) in [5.74, 6) is -0.0300. The SMILES string of the molecule is O=C(NCc1cccc(-c2cccnc2F)c1)[C@@H]1CC1c1ccccc1. The van der Waals surface area contributed by atoms with Gasteiger partial charge in [0.05, 0.1) is 0 Å². The molecule has 3 nitrogen and oxygen atoms in total. The van der Waals surface area contributed by atoms with Gasteiger partial charge in [-0.25, -0.2) is 4.98 Å². The topological polar surface area (TPSA) is 42.0 Å². The van der Waals surface area contributed by atoms with E-state index in [0.29, 0.717) is 18.0 Å². The molecule has 0 bridgehead atoms. The van der Waals surface area contributed by atoms with E-state index in [1.807, 2.05) is 42.5 Å². The number of hydrogen-bond donors (Lipinski definition) is 1. The lowest BCUT2D eigenvalue weighted by Crippen LogP contribution is -2.24. The maximum Gasteiger partial charge on any atom is 0.224 e. The molecular formula is C22H19FN2O. The van der Waals surface area contributed by atoms with E-state index in [0.717, 1.165) is 17.5 Å². The Morgan fingerprint density at radius 1 is 1.08 bits per heavy atom. The third kappa shape index (κ3) is 3.49. The van der Waals surface area contributed by atoms with Gasteiger partial charge in [0.15, 0.2) is 0 Å². The minimum absolute atomic E-state index is 0.0522. The number of carbonyl (C=O) groups is 1. The van der Waals surface area contributed by atoms with Crippen molar-refractivity contribution in [2.75, 3.05) is 0 Å². The molecule has 0 saturated heterocycles. The Morgan fingerprint density at radius 3 is 2.73 bits per heavy atom. The Kier molecular flexibility index (Phi) is 4.48. The molecule has 1 unspecified atom stereocenters. The largest absolute Gasteiger partial charge is 0.352 e. The third-order valence-corrected chi connectivity index (χ3v) is 4.82. The molecule has 1 aliphatic rings. The zero-order chi connectivity index (χ0) is 17.9. The molecular weight excluding hydrogens is 327 g/mol. The van der Waals surface area contributed by atoms with Crippen molar-refractivity contribution in [3.05, 3.63) is 90.0 Å². The number of nitrogens with zero attached hydrogens (tertiary/aromatic N) is 1. The van der Waals surface area contributed by atoms with Gasteiger partial charge in [-0.3, -0.25) is 4.79 Å². The standard InChI is InChI=1S/C22H19FN2O/c23-21-18(10-5-11-24-21)17-9-4-6-15(12-17)14-25-22(26)20-13-19(20)16-7-2-1-3-8-16/h1-12,19-20H,13-14H2,(H,25,26)/t19?,20-/m1/s1. The fourth-order valence-electron chi connectivity index (χ4n) is 3.32. The quantitative estimate of drug-likeness (QED) is 0.700. The first-order valence-corrected chi connectivity index (χ1v) is 8.75. The molecule has 4 rings (SSSR count). The first-order valence-electron chi connectivity index (χ1n) is 8.75. The van der Waals surface area contributed by atoms with Crippen LogP contribution in [-0.2, 0) is 11.3 Å². The van der Waals surface area contributed by atoms with E-state index in [-0.39, 0.29) is 11.8 Å². The molecule has 1 aromatic heterocycles. The summed E-state index contributed by atoms with van der Waals surface area (Å²) < 4.78 is 13.9. The van der Waals surface area contributed by atoms with Gasteiger partial charge in [-0.2, -0.15) is 4.39 Å². The predicted molar refractivity (Wildman–Crippen MR) is 98.8 cm³/mol. The molecule has 1 heterocycles. The second-order valence-corrected chi connectivity index (χ2v) is 6.62. The normalized spacial score (nSPS) is 18.3. The van der Waals surface area contributed by atoms with Gasteiger partial charge in [0.2, 0.25) is 11.9 Å². The molecule has 1 aliphatic carbocycles. The Labute approximate surface area is 151 Å². The van der Waals surface area contributed by atoms with Crippen LogP contribution in [0.15, 0.2) is 72.9 Å². The molecule has 130 valence electrons. The molecule has 1 fully saturated rings. The van der Waals surface area contributed by atoms with Gasteiger partial charge in [-0.15, -0.1) is 0 Å². The zero-order valence-corrected chi connectivity index (χ0v) is 14.2. The van der Waals surface area contributed by atoms with E-state index in [2.05, 4.69) is 22.4 Å². The summed E-state index contributed by atoms with van der Waals surface area (Å²) in [5.41, 5.74) is 3.39. The number of aromatic nitrogens is 1. The van der Waals surface area contributed by atoms with Crippen LogP contribution in [-0.4, -0.2) is 10.9 Å². The molecule has 1 N–H and O–H groups in total. The molecule has 1 amide bonds. The lowest BCUT2D eigenvalue weighted by molar-refractivity contribution is -0.122. The number of rotatable bonds is 5. The monoisotopic (exact) mass is 346 g/mol. The fourth-order valence-corrected chi connectivity index (χ4v) is 3.32. The molecule has 0 radical (unpaired) electrons. The fraction of sp³-hybridized carbons (Fsp3) is 0.182. The van der Waals surface area contributed by atoms with E-state index in [1.54, 1.807) is 12.1 Å². The summed E-state index contributed by atoms with van der Waals surface area (Å²) in [6.45, 7) is 0.437. The third-order valence-electron chi connectivity index (χ3n) is 4.82. The Bertz CT molecular complexity index is 926. The Balaban J connectivity index is 1.39. The molecule has 0 spiro atoms. The Morgan fingerprint density at radius 2 is 1.92 bits per heavy atom. The van der Waals surface area contributed by atoms with Gasteiger partial charge in [0, 0.05) is 24.2 Å². The first-order chi connectivity index (χ1) is 12.7. The maximum absolute atomic E-state index is 13.9. The van der Waals surface area contributed by atoms with Crippen molar-refractivity contribution in [2.45, 2.75) is 18.9 Å². The summed E-state index contributed by atoms with van der Waals surface area (Å²) >= 11 is 0. The van der Waals surface area contributed by atoms with Crippen molar-refractivity contribution < 1.29 is 9.18 Å². The van der Waals surface area contributed by atoms with E-state index >= 15 is 0 Å². The molecule has 26 heavy (non-hydrogen) atoms. The van der Waals surface area contributed by atoms with Gasteiger partial charge >= 0.3 is 0 Å². The van der Waals surface area contributed by atoms with Crippen LogP contribution in [0.3, 0.4) is 0 Å². The molecule has 4 heteroatoms. The highest BCUT2D eigenvalue weighted by Crippen LogP contribution is 2.47. The summed E-state index contributed by atoms with van der Waals surface area (Å²) in [6.07, 6.45) is 2.33. The highest BCUT2D eigenvalue weighted by atomic mass is 19.1. The number of hydrogen-bond acceptors (Lipinski definition) is 2. The lowest BCUT2D eigenvalue weighted by Gasteiger charge is -2.08. The first kappa shape index (κ1) is 16.5. The van der Waals surface area contributed by atoms with Gasteiger partial charge in [-0.05, 0) is 47.2 Å². The van der Waals surface area contributed by atoms with Crippen molar-refractivity contribution in [1.29, 1.82) is 0 Å². The zero-order valence-electron chi connectivity index (χ0n) is 14.2. The second-order valence-electron chi connectivity index (χ2n) is 6.62. The van der Waals surface area contributed by atoms with Crippen LogP contribution < -0.4 is 5.32 Å². The predicted octanol–water partition coefficient (Wildman–Crippen LogP) is 4.31. The van der Waals surface area contributed by atoms with Crippen molar-refractivity contribution in [2.24, 2.45) is 5.92 Å². The number of pyridine rings is 1. The maximum atomic E-state index is 13.9. The van der Waals surface area contributed by atoms with Crippen LogP contribution in [0.2, 0.25) is 0 Å². The minimum atomic E-state index is -0.489. The average molecular weight is 346 g/mol. The van der Waals surface area contributed by atoms with Crippen LogP contribution in [0.25, 0.3) is 11.1 Å². The number of benzene rings is 2. The molecule has 2 atom stereocenters. The van der Waals surface area contributed by atoms with E-state index < -0.39 is 5.95 Å². The highest BCUT2D eigenvalue weighted by Gasteiger charge is 2.43. The summed E-state index contributed by atoms with van der Waals surface area (Å²) in [4.78, 5) is 16.1. The number of carbonyl (C=O) groups excluding carboxylic acids is 1. The molecule has 1 saturated carbocycles. The van der Waals surface area contributed by atoms with E-state index in [4.69, 9.17) is 0 Å². The summed E-state index contributed by atoms with van der Waals surface area (Å²) in [5, 5.41) is 3.01. The minimum Gasteiger partial charge on any atom is -0.352 e. The van der Waals surface area contributed by atoms with Crippen molar-refractivity contribution in [3.63, 3.8) is 0 Å². The van der Waals surface area contributed by atoms with Crippen molar-refractivity contribution in [1.82, 2.24) is 10.3 Å². The average Bonchev–Trinajstić information content (AvgIpc) is 3.48. The van der Waals surface area contributed by atoms with Crippen LogP contribution in [0.5, 0.6) is 0 Å². The van der Waals surface area contributed by atoms with Crippen LogP contribution >= 0.6 is 0 Å². The number of nitrogens with one attached hydrogen (secondary N) is 1. The number of amides is 1. The second kappa shape index (κ2) is 7.08. The summed E-state index contributed by atoms with van der Waals surface area (Å²) in [6, 6.07) is 21.1. The van der Waals surface area contributed by atoms with Crippen LogP contribution in [0.1, 0.15) is 23.5 Å². The molecule has 0 aliphatic heterocycles. The molecule has 2 aromatic carbocycles. The Hall–Kier alpha value is -3.01. The summed E-state index contributed by atoms with van der Waals surface area (Å²) in [7, 11) is 0. The van der Waals surface area contributed by atoms with Crippen LogP contribution in [0, 0.1) is 11.9 Å². The van der Waals surface area contributed by atoms with Crippen LogP contribution in [0.4, 0.5) is 4.39 Å². The van der Waals surface area contributed by atoms with Crippen molar-refractivity contribution >= 4 is 5.91 Å². The van der Waals surface area contributed by atoms with E-state index in [9.17, 15) is 9.18 Å². The number of halogens is 1. The van der Waals surface area contributed by atoms with Gasteiger partial charge in [0.1, 0.15) is 0 Å². The lowest BCUT2D eigenvalue weighted by atomic mass is 10.0. The van der Waals surface area contributed by atoms with Gasteiger partial charge in [0.25, 0.3) is 0 Å². The van der Waals surface area contributed by atoms with E-state index in [1.165, 1.54) is 11.8 Å². The molecule has 3 aromatic rings. The smallest absolute Gasteiger partial charge is 0.224 e. The van der Waals surface area contributed by atoms with Crippen molar-refractivity contribution in [3.8, 4) is 11.1 Å². The van der Waals surface area contributed by atoms with Gasteiger partial charge < -0.3 is 5.32 Å². The van der Waals surface area contributed by atoms with Gasteiger partial charge in [-0.1, -0.05) is 48.5 Å².